The molecule has 1 N–H and O–H groups in total. The number of nitrogens with one attached hydrogen (secondary N) is 1. The molecule has 0 spiro atoms. The molecule has 3 amide bonds. The summed E-state index contributed by atoms with van der Waals surface area (Å²) >= 11 is 0. The number of urea groups is 1. The second kappa shape index (κ2) is 8.28. The highest BCUT2D eigenvalue weighted by Crippen LogP contribution is 2.29. The number of ether oxygens (including phenoxy) is 1. The molecule has 0 bridgehead atoms. The Morgan fingerprint density at radius 1 is 1.25 bits per heavy atom. The van der Waals surface area contributed by atoms with Crippen LogP contribution < -0.4 is 5.32 Å². The molecular weight excluding hydrogens is 375 g/mol. The van der Waals surface area contributed by atoms with Gasteiger partial charge in [0.05, 0.1) is 11.7 Å². The summed E-state index contributed by atoms with van der Waals surface area (Å²) in [5.74, 6) is -4.06. The molecule has 9 heteroatoms. The van der Waals surface area contributed by atoms with Gasteiger partial charge in [-0.05, 0) is 30.9 Å². The van der Waals surface area contributed by atoms with Gasteiger partial charge in [0.25, 0.3) is 0 Å². The Kier molecular flexibility index (Phi) is 6.00. The van der Waals surface area contributed by atoms with Crippen molar-refractivity contribution in [3.8, 4) is 0 Å². The molecule has 2 fully saturated rings. The predicted octanol–water partition coefficient (Wildman–Crippen LogP) is 3.97. The van der Waals surface area contributed by atoms with E-state index in [1.54, 1.807) is 4.90 Å². The number of carbonyl (C=O) groups is 2. The van der Waals surface area contributed by atoms with Crippen molar-refractivity contribution >= 4 is 17.8 Å². The zero-order valence-electron chi connectivity index (χ0n) is 15.9. The minimum absolute atomic E-state index is 0.0270. The summed E-state index contributed by atoms with van der Waals surface area (Å²) in [5, 5.41) is 2.28. The van der Waals surface area contributed by atoms with Crippen molar-refractivity contribution < 1.29 is 27.5 Å². The Hall–Kier alpha value is -2.45. The average Bonchev–Trinajstić information content (AvgIpc) is 3.09. The highest BCUT2D eigenvalue weighted by molar-refractivity contribution is 5.89. The zero-order valence-corrected chi connectivity index (χ0v) is 15.9. The van der Waals surface area contributed by atoms with Crippen LogP contribution in [-0.2, 0) is 4.74 Å². The van der Waals surface area contributed by atoms with E-state index in [4.69, 9.17) is 4.74 Å². The van der Waals surface area contributed by atoms with Gasteiger partial charge in [0.1, 0.15) is 6.61 Å². The molecule has 2 unspecified atom stereocenters. The van der Waals surface area contributed by atoms with Gasteiger partial charge < -0.3 is 15.0 Å². The summed E-state index contributed by atoms with van der Waals surface area (Å²) in [4.78, 5) is 27.8. The van der Waals surface area contributed by atoms with Crippen LogP contribution in [0.5, 0.6) is 0 Å². The predicted molar refractivity (Wildman–Crippen MR) is 96.4 cm³/mol. The lowest BCUT2D eigenvalue weighted by Gasteiger charge is -2.39. The SMILES string of the molecule is CCC(C)C1COC(=O)N1C1CCN(C(=O)Nc2ccc(F)c(F)c2F)CC1. The Balaban J connectivity index is 1.60. The molecule has 2 atom stereocenters. The van der Waals surface area contributed by atoms with Crippen molar-refractivity contribution in [3.63, 3.8) is 0 Å². The van der Waals surface area contributed by atoms with Gasteiger partial charge >= 0.3 is 12.1 Å². The summed E-state index contributed by atoms with van der Waals surface area (Å²) < 4.78 is 45.3. The number of halogens is 3. The van der Waals surface area contributed by atoms with E-state index in [2.05, 4.69) is 19.2 Å². The van der Waals surface area contributed by atoms with E-state index in [0.717, 1.165) is 18.6 Å². The monoisotopic (exact) mass is 399 g/mol. The smallest absolute Gasteiger partial charge is 0.410 e. The number of carbonyl (C=O) groups excluding carboxylic acids is 2. The minimum atomic E-state index is -1.62. The second-order valence-corrected chi connectivity index (χ2v) is 7.31. The van der Waals surface area contributed by atoms with E-state index < -0.39 is 29.2 Å². The quantitative estimate of drug-likeness (QED) is 0.780. The number of benzene rings is 1. The van der Waals surface area contributed by atoms with Crippen molar-refractivity contribution in [3.05, 3.63) is 29.6 Å². The van der Waals surface area contributed by atoms with Gasteiger partial charge in [-0.3, -0.25) is 4.90 Å². The highest BCUT2D eigenvalue weighted by Gasteiger charge is 2.41. The van der Waals surface area contributed by atoms with Crippen molar-refractivity contribution in [2.45, 2.75) is 45.2 Å². The molecule has 28 heavy (non-hydrogen) atoms. The van der Waals surface area contributed by atoms with Crippen LogP contribution in [0.1, 0.15) is 33.1 Å². The summed E-state index contributed by atoms with van der Waals surface area (Å²) in [6.07, 6.45) is 1.74. The minimum Gasteiger partial charge on any atom is -0.447 e. The van der Waals surface area contributed by atoms with Crippen LogP contribution in [0.25, 0.3) is 0 Å². The van der Waals surface area contributed by atoms with Crippen molar-refractivity contribution in [1.29, 1.82) is 0 Å². The van der Waals surface area contributed by atoms with Crippen LogP contribution >= 0.6 is 0 Å². The molecule has 1 aromatic rings. The summed E-state index contributed by atoms with van der Waals surface area (Å²) in [6.45, 7) is 5.25. The molecule has 0 radical (unpaired) electrons. The van der Waals surface area contributed by atoms with Crippen molar-refractivity contribution in [2.24, 2.45) is 5.92 Å². The van der Waals surface area contributed by atoms with Gasteiger partial charge in [0.15, 0.2) is 17.5 Å². The molecule has 0 aromatic heterocycles. The van der Waals surface area contributed by atoms with Crippen LogP contribution in [0.2, 0.25) is 0 Å². The third kappa shape index (κ3) is 3.88. The molecule has 154 valence electrons. The second-order valence-electron chi connectivity index (χ2n) is 7.31. The first-order chi connectivity index (χ1) is 13.3. The first-order valence-electron chi connectivity index (χ1n) is 9.48. The topological polar surface area (TPSA) is 61.9 Å². The standard InChI is InChI=1S/C19H24F3N3O3/c1-3-11(2)15-10-28-19(27)25(15)12-6-8-24(9-7-12)18(26)23-14-5-4-13(20)16(21)17(14)22/h4-5,11-12,15H,3,6-10H2,1-2H3,(H,23,26). The number of cyclic esters (lactones) is 1. The third-order valence-electron chi connectivity index (χ3n) is 5.67. The lowest BCUT2D eigenvalue weighted by atomic mass is 9.95. The Labute approximate surface area is 161 Å². The molecule has 2 aliphatic rings. The number of piperidine rings is 1. The molecule has 2 saturated heterocycles. The average molecular weight is 399 g/mol. The number of likely N-dealkylation sites (tertiary alicyclic amines) is 1. The highest BCUT2D eigenvalue weighted by atomic mass is 19.2. The molecule has 0 aliphatic carbocycles. The first-order valence-corrected chi connectivity index (χ1v) is 9.48. The van der Waals surface area contributed by atoms with Gasteiger partial charge in [-0.1, -0.05) is 20.3 Å². The fourth-order valence-electron chi connectivity index (χ4n) is 3.74. The van der Waals surface area contributed by atoms with Crippen LogP contribution in [-0.4, -0.2) is 53.7 Å². The number of hydrogen-bond acceptors (Lipinski definition) is 3. The molecule has 0 saturated carbocycles. The first kappa shape index (κ1) is 20.3. The molecular formula is C19H24F3N3O3. The van der Waals surface area contributed by atoms with E-state index in [9.17, 15) is 22.8 Å². The fourth-order valence-corrected chi connectivity index (χ4v) is 3.74. The Morgan fingerprint density at radius 3 is 2.57 bits per heavy atom. The van der Waals surface area contributed by atoms with Gasteiger partial charge in [-0.2, -0.15) is 0 Å². The van der Waals surface area contributed by atoms with E-state index in [1.807, 2.05) is 0 Å². The number of rotatable bonds is 4. The van der Waals surface area contributed by atoms with Gasteiger partial charge in [0, 0.05) is 19.1 Å². The van der Waals surface area contributed by atoms with E-state index in [1.165, 1.54) is 4.90 Å². The van der Waals surface area contributed by atoms with Gasteiger partial charge in [0.2, 0.25) is 0 Å². The maximum atomic E-state index is 13.7. The van der Waals surface area contributed by atoms with Crippen LogP contribution in [0.4, 0.5) is 28.4 Å². The normalized spacial score (nSPS) is 21.6. The van der Waals surface area contributed by atoms with E-state index in [-0.39, 0.29) is 18.2 Å². The van der Waals surface area contributed by atoms with Crippen LogP contribution in [0.15, 0.2) is 12.1 Å². The fraction of sp³-hybridized carbons (Fsp3) is 0.579. The number of amides is 3. The van der Waals surface area contributed by atoms with Crippen molar-refractivity contribution in [1.82, 2.24) is 9.80 Å². The number of hydrogen-bond donors (Lipinski definition) is 1. The van der Waals surface area contributed by atoms with E-state index in [0.29, 0.717) is 38.5 Å². The van der Waals surface area contributed by atoms with Crippen LogP contribution in [0, 0.1) is 23.4 Å². The number of anilines is 1. The van der Waals surface area contributed by atoms with Crippen LogP contribution in [0.3, 0.4) is 0 Å². The van der Waals surface area contributed by atoms with Gasteiger partial charge in [-0.15, -0.1) is 0 Å². The molecule has 2 heterocycles. The summed E-state index contributed by atoms with van der Waals surface area (Å²) in [7, 11) is 0. The van der Waals surface area contributed by atoms with Crippen molar-refractivity contribution in [2.75, 3.05) is 25.0 Å². The summed E-state index contributed by atoms with van der Waals surface area (Å²) in [6, 6.07) is 1.15. The maximum Gasteiger partial charge on any atom is 0.410 e. The third-order valence-corrected chi connectivity index (χ3v) is 5.67. The maximum absolute atomic E-state index is 13.7. The Bertz CT molecular complexity index is 753. The molecule has 1 aromatic carbocycles. The van der Waals surface area contributed by atoms with E-state index >= 15 is 0 Å². The Morgan fingerprint density at radius 2 is 1.93 bits per heavy atom. The number of nitrogens with zero attached hydrogens (tertiary/aromatic N) is 2. The molecule has 3 rings (SSSR count). The van der Waals surface area contributed by atoms with Gasteiger partial charge in [-0.25, -0.2) is 22.8 Å². The molecule has 6 nitrogen and oxygen atoms in total. The summed E-state index contributed by atoms with van der Waals surface area (Å²) in [5.41, 5.74) is -0.411. The lowest BCUT2D eigenvalue weighted by molar-refractivity contribution is 0.105. The lowest BCUT2D eigenvalue weighted by Crippen LogP contribution is -2.51. The molecule has 2 aliphatic heterocycles. The largest absolute Gasteiger partial charge is 0.447 e. The zero-order chi connectivity index (χ0) is 20.4.